The highest BCUT2D eigenvalue weighted by Gasteiger charge is 2.19. The molecular weight excluding hydrogens is 300 g/mol. The molecule has 0 atom stereocenters. The van der Waals surface area contributed by atoms with E-state index >= 15 is 0 Å². The van der Waals surface area contributed by atoms with Gasteiger partial charge in [0.05, 0.1) is 0 Å². The smallest absolute Gasteiger partial charge is 0.339 e. The zero-order valence-electron chi connectivity index (χ0n) is 14.0. The lowest BCUT2D eigenvalue weighted by Crippen LogP contribution is -2.07. The van der Waals surface area contributed by atoms with Crippen LogP contribution in [0, 0.1) is 13.8 Å². The monoisotopic (exact) mass is 320 g/mol. The van der Waals surface area contributed by atoms with Crippen molar-refractivity contribution in [2.75, 3.05) is 0 Å². The van der Waals surface area contributed by atoms with Crippen molar-refractivity contribution in [3.05, 3.63) is 74.6 Å². The number of benzene rings is 2. The molecule has 4 rings (SSSR count). The molecule has 0 aliphatic heterocycles. The second-order valence-electron chi connectivity index (χ2n) is 6.64. The van der Waals surface area contributed by atoms with Gasteiger partial charge >= 0.3 is 5.63 Å². The van der Waals surface area contributed by atoms with Crippen LogP contribution in [-0.2, 0) is 19.4 Å². The fourth-order valence-electron chi connectivity index (χ4n) is 3.67. The van der Waals surface area contributed by atoms with Gasteiger partial charge in [-0.15, -0.1) is 0 Å². The summed E-state index contributed by atoms with van der Waals surface area (Å²) < 4.78 is 11.4. The Labute approximate surface area is 140 Å². The van der Waals surface area contributed by atoms with Gasteiger partial charge in [0.15, 0.2) is 0 Å². The third kappa shape index (κ3) is 2.71. The van der Waals surface area contributed by atoms with Gasteiger partial charge in [-0.25, -0.2) is 4.79 Å². The van der Waals surface area contributed by atoms with Crippen molar-refractivity contribution >= 4 is 11.0 Å². The zero-order chi connectivity index (χ0) is 16.7. The van der Waals surface area contributed by atoms with Gasteiger partial charge in [-0.3, -0.25) is 0 Å². The van der Waals surface area contributed by atoms with Crippen LogP contribution in [0.3, 0.4) is 0 Å². The molecule has 2 aromatic carbocycles. The molecule has 0 N–H and O–H groups in total. The van der Waals surface area contributed by atoms with E-state index in [2.05, 4.69) is 32.0 Å². The van der Waals surface area contributed by atoms with E-state index in [1.54, 1.807) is 0 Å². The van der Waals surface area contributed by atoms with Crippen molar-refractivity contribution < 1.29 is 9.15 Å². The predicted octanol–water partition coefficient (Wildman–Crippen LogP) is 4.48. The second-order valence-corrected chi connectivity index (χ2v) is 6.64. The van der Waals surface area contributed by atoms with Gasteiger partial charge in [-0.05, 0) is 56.4 Å². The van der Waals surface area contributed by atoms with Crippen LogP contribution in [-0.4, -0.2) is 0 Å². The van der Waals surface area contributed by atoms with Crippen LogP contribution < -0.4 is 10.4 Å². The molecule has 122 valence electrons. The Morgan fingerprint density at radius 3 is 2.54 bits per heavy atom. The first kappa shape index (κ1) is 15.0. The minimum atomic E-state index is -0.193. The van der Waals surface area contributed by atoms with Crippen LogP contribution in [0.2, 0.25) is 0 Å². The minimum absolute atomic E-state index is 0.193. The van der Waals surface area contributed by atoms with Crippen molar-refractivity contribution in [2.45, 2.75) is 39.7 Å². The Hall–Kier alpha value is -2.55. The molecule has 1 aliphatic carbocycles. The van der Waals surface area contributed by atoms with Gasteiger partial charge < -0.3 is 9.15 Å². The third-order valence-electron chi connectivity index (χ3n) is 4.63. The van der Waals surface area contributed by atoms with Crippen LogP contribution in [0.15, 0.2) is 45.6 Å². The quantitative estimate of drug-likeness (QED) is 0.668. The van der Waals surface area contributed by atoms with Gasteiger partial charge in [0.25, 0.3) is 0 Å². The molecule has 0 unspecified atom stereocenters. The van der Waals surface area contributed by atoms with Crippen LogP contribution in [0.5, 0.6) is 5.75 Å². The molecule has 1 heterocycles. The molecule has 3 heteroatoms. The summed E-state index contributed by atoms with van der Waals surface area (Å²) in [5, 5.41) is 1.04. The van der Waals surface area contributed by atoms with Crippen LogP contribution in [0.4, 0.5) is 0 Å². The van der Waals surface area contributed by atoms with Gasteiger partial charge in [0.1, 0.15) is 17.9 Å². The number of ether oxygens (including phenoxy) is 1. The molecule has 1 aliphatic rings. The normalized spacial score (nSPS) is 13.2. The summed E-state index contributed by atoms with van der Waals surface area (Å²) in [6, 6.07) is 12.2. The Kier molecular flexibility index (Phi) is 3.64. The standard InChI is InChI=1S/C21H20O3/c1-13-8-14(2)10-15(9-13)12-23-16-6-7-18-17-4-3-5-19(17)21(22)24-20(18)11-16/h6-11H,3-5,12H2,1-2H3. The van der Waals surface area contributed by atoms with Gasteiger partial charge in [-0.2, -0.15) is 0 Å². The van der Waals surface area contributed by atoms with Crippen LogP contribution >= 0.6 is 0 Å². The molecule has 3 nitrogen and oxygen atoms in total. The second kappa shape index (κ2) is 5.82. The van der Waals surface area contributed by atoms with E-state index < -0.39 is 0 Å². The van der Waals surface area contributed by atoms with Gasteiger partial charge in [-0.1, -0.05) is 29.3 Å². The topological polar surface area (TPSA) is 39.4 Å². The van der Waals surface area contributed by atoms with E-state index in [4.69, 9.17) is 9.15 Å². The summed E-state index contributed by atoms with van der Waals surface area (Å²) in [4.78, 5) is 12.1. The number of hydrogen-bond acceptors (Lipinski definition) is 3. The fourth-order valence-corrected chi connectivity index (χ4v) is 3.67. The summed E-state index contributed by atoms with van der Waals surface area (Å²) in [5.74, 6) is 0.725. The number of hydrogen-bond donors (Lipinski definition) is 0. The lowest BCUT2D eigenvalue weighted by Gasteiger charge is -2.10. The molecule has 0 radical (unpaired) electrons. The first-order valence-corrected chi connectivity index (χ1v) is 8.39. The fraction of sp³-hybridized carbons (Fsp3) is 0.286. The van der Waals surface area contributed by atoms with E-state index in [1.165, 1.54) is 11.1 Å². The Bertz CT molecular complexity index is 962. The maximum absolute atomic E-state index is 12.1. The zero-order valence-corrected chi connectivity index (χ0v) is 14.0. The summed E-state index contributed by atoms with van der Waals surface area (Å²) in [7, 11) is 0. The first-order valence-electron chi connectivity index (χ1n) is 8.39. The highest BCUT2D eigenvalue weighted by Crippen LogP contribution is 2.29. The van der Waals surface area contributed by atoms with Crippen LogP contribution in [0.25, 0.3) is 11.0 Å². The maximum Gasteiger partial charge on any atom is 0.339 e. The average Bonchev–Trinajstić information content (AvgIpc) is 3.02. The highest BCUT2D eigenvalue weighted by molar-refractivity contribution is 5.83. The minimum Gasteiger partial charge on any atom is -0.489 e. The van der Waals surface area contributed by atoms with Crippen molar-refractivity contribution in [1.82, 2.24) is 0 Å². The molecule has 0 fully saturated rings. The van der Waals surface area contributed by atoms with Crippen molar-refractivity contribution in [3.8, 4) is 5.75 Å². The Morgan fingerprint density at radius 2 is 1.75 bits per heavy atom. The van der Waals surface area contributed by atoms with E-state index in [9.17, 15) is 4.79 Å². The average molecular weight is 320 g/mol. The van der Waals surface area contributed by atoms with Crippen molar-refractivity contribution in [2.24, 2.45) is 0 Å². The first-order chi connectivity index (χ1) is 11.6. The summed E-state index contributed by atoms with van der Waals surface area (Å²) in [6.45, 7) is 4.67. The van der Waals surface area contributed by atoms with Crippen LogP contribution in [0.1, 0.15) is 34.2 Å². The van der Waals surface area contributed by atoms with Gasteiger partial charge in [0.2, 0.25) is 0 Å². The summed E-state index contributed by atoms with van der Waals surface area (Å²) in [6.07, 6.45) is 2.82. The molecule has 0 saturated heterocycles. The Morgan fingerprint density at radius 1 is 1.00 bits per heavy atom. The molecule has 1 aromatic heterocycles. The molecule has 0 saturated carbocycles. The van der Waals surface area contributed by atoms with E-state index in [0.29, 0.717) is 12.2 Å². The summed E-state index contributed by atoms with van der Waals surface area (Å²) >= 11 is 0. The number of fused-ring (bicyclic) bond motifs is 3. The number of aryl methyl sites for hydroxylation is 3. The molecular formula is C21H20O3. The molecule has 24 heavy (non-hydrogen) atoms. The summed E-state index contributed by atoms with van der Waals surface area (Å²) in [5.41, 5.74) is 6.04. The lowest BCUT2D eigenvalue weighted by atomic mass is 10.1. The molecule has 0 spiro atoms. The predicted molar refractivity (Wildman–Crippen MR) is 94.8 cm³/mol. The highest BCUT2D eigenvalue weighted by atomic mass is 16.5. The van der Waals surface area contributed by atoms with E-state index in [1.807, 2.05) is 18.2 Å². The van der Waals surface area contributed by atoms with Crippen molar-refractivity contribution in [3.63, 3.8) is 0 Å². The SMILES string of the molecule is Cc1cc(C)cc(COc2ccc3c4c(c(=O)oc3c2)CCC4)c1. The lowest BCUT2D eigenvalue weighted by molar-refractivity contribution is 0.306. The third-order valence-corrected chi connectivity index (χ3v) is 4.63. The van der Waals surface area contributed by atoms with Crippen molar-refractivity contribution in [1.29, 1.82) is 0 Å². The van der Waals surface area contributed by atoms with E-state index in [-0.39, 0.29) is 5.63 Å². The van der Waals surface area contributed by atoms with Gasteiger partial charge in [0, 0.05) is 17.0 Å². The van der Waals surface area contributed by atoms with E-state index in [0.717, 1.165) is 47.1 Å². The molecule has 0 bridgehead atoms. The largest absolute Gasteiger partial charge is 0.489 e. The maximum atomic E-state index is 12.1. The molecule has 3 aromatic rings. The Balaban J connectivity index is 1.64. The molecule has 0 amide bonds. The number of rotatable bonds is 3.